The molecule has 232 valence electrons. The van der Waals surface area contributed by atoms with Gasteiger partial charge in [0.1, 0.15) is 24.2 Å². The van der Waals surface area contributed by atoms with Crippen molar-refractivity contribution in [1.82, 2.24) is 15.5 Å². The predicted molar refractivity (Wildman–Crippen MR) is 161 cm³/mol. The third-order valence-electron chi connectivity index (χ3n) is 7.20. The minimum atomic E-state index is -1.00. The number of unbranched alkanes of at least 4 members (excludes halogenated alkanes) is 5. The minimum absolute atomic E-state index is 0.223. The van der Waals surface area contributed by atoms with Crippen LogP contribution in [-0.4, -0.2) is 60.6 Å². The lowest BCUT2D eigenvalue weighted by Gasteiger charge is -2.37. The lowest BCUT2D eigenvalue weighted by molar-refractivity contribution is -0.145. The number of alkyl carbamates (subject to hydrolysis) is 1. The Labute approximate surface area is 247 Å². The number of methoxy groups -OCH3 is 1. The molecule has 3 atom stereocenters. The predicted octanol–water partition coefficient (Wildman–Crippen LogP) is 5.76. The van der Waals surface area contributed by atoms with Crippen LogP contribution in [0.4, 0.5) is 4.79 Å². The summed E-state index contributed by atoms with van der Waals surface area (Å²) >= 11 is 0. The normalized spacial score (nSPS) is 13.5. The van der Waals surface area contributed by atoms with Gasteiger partial charge >= 0.3 is 12.1 Å². The maximum atomic E-state index is 14.4. The van der Waals surface area contributed by atoms with Crippen LogP contribution >= 0.6 is 0 Å². The molecule has 3 unspecified atom stereocenters. The van der Waals surface area contributed by atoms with Gasteiger partial charge in [-0.3, -0.25) is 14.4 Å². The summed E-state index contributed by atoms with van der Waals surface area (Å²) in [5, 5.41) is 5.47. The van der Waals surface area contributed by atoms with Gasteiger partial charge in [0.15, 0.2) is 0 Å². The van der Waals surface area contributed by atoms with E-state index in [1.165, 1.54) is 7.11 Å². The lowest BCUT2D eigenvalue weighted by atomic mass is 9.91. The van der Waals surface area contributed by atoms with E-state index in [1.807, 2.05) is 45.9 Å². The number of nitrogens with zero attached hydrogens (tertiary/aromatic N) is 1. The Hall–Kier alpha value is -3.10. The molecule has 0 radical (unpaired) electrons. The van der Waals surface area contributed by atoms with E-state index in [2.05, 4.69) is 17.6 Å². The number of ether oxygens (including phenoxy) is 2. The Balaban J connectivity index is 3.58. The van der Waals surface area contributed by atoms with Gasteiger partial charge in [0, 0.05) is 6.54 Å². The summed E-state index contributed by atoms with van der Waals surface area (Å²) in [5.74, 6) is -1.65. The fourth-order valence-corrected chi connectivity index (χ4v) is 4.74. The highest BCUT2D eigenvalue weighted by molar-refractivity contribution is 5.93. The van der Waals surface area contributed by atoms with Gasteiger partial charge in [-0.25, -0.2) is 4.79 Å². The fraction of sp³-hybridized carbons (Fsp3) is 0.688. The average Bonchev–Trinajstić information content (AvgIpc) is 2.90. The van der Waals surface area contributed by atoms with Crippen LogP contribution in [0.3, 0.4) is 0 Å². The zero-order valence-electron chi connectivity index (χ0n) is 26.7. The molecule has 1 aromatic rings. The van der Waals surface area contributed by atoms with Crippen molar-refractivity contribution in [1.29, 1.82) is 0 Å². The molecule has 0 aliphatic rings. The molecule has 41 heavy (non-hydrogen) atoms. The Morgan fingerprint density at radius 1 is 0.951 bits per heavy atom. The van der Waals surface area contributed by atoms with Gasteiger partial charge in [-0.1, -0.05) is 77.5 Å². The van der Waals surface area contributed by atoms with Gasteiger partial charge in [0.25, 0.3) is 0 Å². The Morgan fingerprint density at radius 2 is 1.54 bits per heavy atom. The minimum Gasteiger partial charge on any atom is -0.468 e. The van der Waals surface area contributed by atoms with Crippen LogP contribution in [0.1, 0.15) is 109 Å². The van der Waals surface area contributed by atoms with Gasteiger partial charge in [-0.05, 0) is 63.6 Å². The van der Waals surface area contributed by atoms with E-state index in [1.54, 1.807) is 25.7 Å². The number of esters is 1. The number of carbonyl (C=O) groups is 4. The van der Waals surface area contributed by atoms with E-state index in [0.717, 1.165) is 43.2 Å². The number of carbonyl (C=O) groups excluding carboxylic acids is 4. The first-order valence-electron chi connectivity index (χ1n) is 15.0. The number of benzene rings is 1. The fourth-order valence-electron chi connectivity index (χ4n) is 4.74. The third kappa shape index (κ3) is 12.1. The average molecular weight is 576 g/mol. The van der Waals surface area contributed by atoms with Crippen LogP contribution < -0.4 is 10.6 Å². The number of hydrogen-bond donors (Lipinski definition) is 2. The van der Waals surface area contributed by atoms with Gasteiger partial charge in [0.2, 0.25) is 11.8 Å². The second kappa shape index (κ2) is 17.7. The second-order valence-electron chi connectivity index (χ2n) is 11.8. The first kappa shape index (κ1) is 35.9. The van der Waals surface area contributed by atoms with Crippen molar-refractivity contribution in [3.05, 3.63) is 34.9 Å². The van der Waals surface area contributed by atoms with E-state index < -0.39 is 35.7 Å². The summed E-state index contributed by atoms with van der Waals surface area (Å²) in [6, 6.07) is 3.80. The number of rotatable bonds is 16. The number of nitrogens with one attached hydrogen (secondary N) is 2. The van der Waals surface area contributed by atoms with Crippen molar-refractivity contribution in [2.75, 3.05) is 20.2 Å². The molecule has 1 rings (SSSR count). The van der Waals surface area contributed by atoms with E-state index >= 15 is 0 Å². The molecule has 0 aliphatic heterocycles. The summed E-state index contributed by atoms with van der Waals surface area (Å²) in [4.78, 5) is 54.6. The number of hydrogen-bond acceptors (Lipinski definition) is 6. The number of aryl methyl sites for hydroxylation is 2. The zero-order valence-corrected chi connectivity index (χ0v) is 26.7. The third-order valence-corrected chi connectivity index (χ3v) is 7.20. The van der Waals surface area contributed by atoms with Gasteiger partial charge in [0.05, 0.1) is 7.11 Å². The zero-order chi connectivity index (χ0) is 31.2. The van der Waals surface area contributed by atoms with Crippen LogP contribution in [0.2, 0.25) is 0 Å². The molecule has 3 amide bonds. The van der Waals surface area contributed by atoms with Crippen LogP contribution in [0.5, 0.6) is 0 Å². The van der Waals surface area contributed by atoms with Crippen molar-refractivity contribution >= 4 is 23.9 Å². The summed E-state index contributed by atoms with van der Waals surface area (Å²) in [6.45, 7) is 15.1. The standard InChI is InChI=1S/C32H53N3O6/c1-10-12-13-14-15-16-20-35(30(38)27(22(3)11-2)34-31(39)41-32(6,7)8)28(29(37)33-21-25(36)40-9)26-23(4)18-17-19-24(26)5/h17-19,22,27-28H,10-16,20-21H2,1-9H3,(H,33,37)(H,34,39). The Bertz CT molecular complexity index is 983. The molecular weight excluding hydrogens is 522 g/mol. The molecule has 0 saturated heterocycles. The van der Waals surface area contributed by atoms with Crippen molar-refractivity contribution in [3.63, 3.8) is 0 Å². The van der Waals surface area contributed by atoms with Crippen molar-refractivity contribution in [2.45, 2.75) is 118 Å². The van der Waals surface area contributed by atoms with Crippen LogP contribution in [0, 0.1) is 19.8 Å². The van der Waals surface area contributed by atoms with Crippen LogP contribution in [0.15, 0.2) is 18.2 Å². The van der Waals surface area contributed by atoms with Crippen LogP contribution in [-0.2, 0) is 23.9 Å². The Kier molecular flexibility index (Phi) is 15.5. The molecule has 9 heteroatoms. The first-order chi connectivity index (χ1) is 19.3. The summed E-state index contributed by atoms with van der Waals surface area (Å²) in [7, 11) is 1.25. The second-order valence-corrected chi connectivity index (χ2v) is 11.8. The largest absolute Gasteiger partial charge is 0.468 e. The number of amides is 3. The highest BCUT2D eigenvalue weighted by Crippen LogP contribution is 2.30. The maximum absolute atomic E-state index is 14.4. The van der Waals surface area contributed by atoms with Crippen molar-refractivity contribution in [2.24, 2.45) is 5.92 Å². The molecule has 0 fully saturated rings. The quantitative estimate of drug-likeness (QED) is 0.191. The van der Waals surface area contributed by atoms with Crippen molar-refractivity contribution in [3.8, 4) is 0 Å². The van der Waals surface area contributed by atoms with Crippen molar-refractivity contribution < 1.29 is 28.7 Å². The molecule has 2 N–H and O–H groups in total. The van der Waals surface area contributed by atoms with Gasteiger partial charge < -0.3 is 25.0 Å². The molecule has 0 bridgehead atoms. The molecule has 0 saturated carbocycles. The smallest absolute Gasteiger partial charge is 0.408 e. The molecule has 0 aliphatic carbocycles. The highest BCUT2D eigenvalue weighted by Gasteiger charge is 2.39. The van der Waals surface area contributed by atoms with E-state index in [0.29, 0.717) is 24.9 Å². The van der Waals surface area contributed by atoms with Gasteiger partial charge in [-0.15, -0.1) is 0 Å². The Morgan fingerprint density at radius 3 is 2.07 bits per heavy atom. The summed E-state index contributed by atoms with van der Waals surface area (Å²) in [5.41, 5.74) is 1.67. The first-order valence-corrected chi connectivity index (χ1v) is 15.0. The monoisotopic (exact) mass is 575 g/mol. The topological polar surface area (TPSA) is 114 Å². The molecule has 1 aromatic carbocycles. The maximum Gasteiger partial charge on any atom is 0.408 e. The lowest BCUT2D eigenvalue weighted by Crippen LogP contribution is -2.55. The van der Waals surface area contributed by atoms with Crippen LogP contribution in [0.25, 0.3) is 0 Å². The van der Waals surface area contributed by atoms with E-state index in [9.17, 15) is 19.2 Å². The molecule has 0 aromatic heterocycles. The summed E-state index contributed by atoms with van der Waals surface area (Å²) < 4.78 is 10.2. The van der Waals surface area contributed by atoms with Gasteiger partial charge in [-0.2, -0.15) is 0 Å². The SMILES string of the molecule is CCCCCCCCN(C(=O)C(NC(=O)OC(C)(C)C)C(C)CC)C(C(=O)NCC(=O)OC)c1c(C)cccc1C. The molecule has 0 heterocycles. The highest BCUT2D eigenvalue weighted by atomic mass is 16.6. The van der Waals surface area contributed by atoms with E-state index in [-0.39, 0.29) is 18.4 Å². The molecule has 0 spiro atoms. The summed E-state index contributed by atoms with van der Waals surface area (Å²) in [6.07, 6.45) is 5.96. The van der Waals surface area contributed by atoms with E-state index in [4.69, 9.17) is 9.47 Å². The molecular formula is C32H53N3O6. The molecule has 9 nitrogen and oxygen atoms in total.